The summed E-state index contributed by atoms with van der Waals surface area (Å²) in [7, 11) is 0. The number of anilines is 1. The van der Waals surface area contributed by atoms with Crippen molar-refractivity contribution in [3.05, 3.63) is 53.6 Å². The number of carbonyl (C=O) groups is 2. The molecule has 0 radical (unpaired) electrons. The lowest BCUT2D eigenvalue weighted by Crippen LogP contribution is -2.60. The third-order valence-corrected chi connectivity index (χ3v) is 6.68. The second kappa shape index (κ2) is 12.6. The molecule has 2 aromatic rings. The van der Waals surface area contributed by atoms with Gasteiger partial charge in [-0.1, -0.05) is 24.3 Å². The molecular formula is C26H32ClF3N4O4. The van der Waals surface area contributed by atoms with Crippen molar-refractivity contribution in [3.63, 3.8) is 0 Å². The number of rotatable bonds is 7. The molecule has 2 aliphatic rings. The largest absolute Gasteiger partial charge is 0.573 e. The van der Waals surface area contributed by atoms with Crippen LogP contribution in [0, 0.1) is 6.92 Å². The predicted octanol–water partition coefficient (Wildman–Crippen LogP) is 3.19. The van der Waals surface area contributed by atoms with E-state index in [-0.39, 0.29) is 49.3 Å². The third kappa shape index (κ3) is 7.44. The number of ether oxygens (including phenoxy) is 2. The van der Waals surface area contributed by atoms with Gasteiger partial charge in [0.05, 0.1) is 6.42 Å². The van der Waals surface area contributed by atoms with Crippen molar-refractivity contribution in [1.29, 1.82) is 0 Å². The number of nitrogens with zero attached hydrogens (tertiary/aromatic N) is 2. The average molecular weight is 557 g/mol. The third-order valence-electron chi connectivity index (χ3n) is 6.68. The zero-order valence-corrected chi connectivity index (χ0v) is 21.8. The Balaban J connectivity index is 0.00000400. The van der Waals surface area contributed by atoms with Gasteiger partial charge in [0.15, 0.2) is 0 Å². The molecule has 2 heterocycles. The number of hydrogen-bond acceptors (Lipinski definition) is 6. The minimum Gasteiger partial charge on any atom is -0.490 e. The van der Waals surface area contributed by atoms with Gasteiger partial charge in [-0.15, -0.1) is 25.6 Å². The number of hydrogen-bond donors (Lipinski definition) is 2. The van der Waals surface area contributed by atoms with Crippen molar-refractivity contribution in [3.8, 4) is 11.5 Å². The van der Waals surface area contributed by atoms with Gasteiger partial charge >= 0.3 is 6.36 Å². The van der Waals surface area contributed by atoms with Crippen molar-refractivity contribution < 1.29 is 32.2 Å². The number of piperazine rings is 1. The van der Waals surface area contributed by atoms with Gasteiger partial charge in [0.1, 0.15) is 23.6 Å². The van der Waals surface area contributed by atoms with Crippen molar-refractivity contribution >= 4 is 29.9 Å². The normalized spacial score (nSPS) is 18.5. The quantitative estimate of drug-likeness (QED) is 0.544. The highest BCUT2D eigenvalue weighted by Crippen LogP contribution is 2.32. The molecule has 3 N–H and O–H groups in total. The fraction of sp³-hybridized carbons (Fsp3) is 0.462. The molecule has 2 aliphatic heterocycles. The van der Waals surface area contributed by atoms with Crippen LogP contribution in [-0.2, 0) is 16.0 Å². The van der Waals surface area contributed by atoms with Crippen LogP contribution in [0.3, 0.4) is 0 Å². The predicted molar refractivity (Wildman–Crippen MR) is 139 cm³/mol. The number of nitrogens with one attached hydrogen (secondary N) is 1. The number of alkyl halides is 3. The Kier molecular flexibility index (Phi) is 9.72. The van der Waals surface area contributed by atoms with E-state index in [1.807, 2.05) is 36.1 Å². The summed E-state index contributed by atoms with van der Waals surface area (Å²) >= 11 is 0. The van der Waals surface area contributed by atoms with E-state index in [2.05, 4.69) is 10.1 Å². The number of para-hydroxylation sites is 1. The summed E-state index contributed by atoms with van der Waals surface area (Å²) in [4.78, 5) is 28.8. The Labute approximate surface area is 225 Å². The van der Waals surface area contributed by atoms with E-state index in [1.165, 1.54) is 23.1 Å². The van der Waals surface area contributed by atoms with Crippen LogP contribution in [0.4, 0.5) is 18.9 Å². The Morgan fingerprint density at radius 2 is 1.82 bits per heavy atom. The van der Waals surface area contributed by atoms with Gasteiger partial charge < -0.3 is 30.3 Å². The minimum atomic E-state index is -4.94. The van der Waals surface area contributed by atoms with Crippen molar-refractivity contribution in [2.75, 3.05) is 37.6 Å². The van der Waals surface area contributed by atoms with Crippen LogP contribution >= 0.6 is 12.4 Å². The van der Waals surface area contributed by atoms with Gasteiger partial charge in [0, 0.05) is 37.0 Å². The molecule has 1 atom stereocenters. The zero-order valence-electron chi connectivity index (χ0n) is 21.0. The van der Waals surface area contributed by atoms with Crippen LogP contribution in [0.5, 0.6) is 11.5 Å². The minimum absolute atomic E-state index is 0. The van der Waals surface area contributed by atoms with E-state index in [0.717, 1.165) is 37.2 Å². The molecule has 0 aromatic heterocycles. The van der Waals surface area contributed by atoms with E-state index in [4.69, 9.17) is 10.5 Å². The lowest BCUT2D eigenvalue weighted by molar-refractivity contribution is -0.275. The second-order valence-corrected chi connectivity index (χ2v) is 9.30. The molecule has 0 bridgehead atoms. The van der Waals surface area contributed by atoms with E-state index in [0.29, 0.717) is 6.54 Å². The Bertz CT molecular complexity index is 1130. The fourth-order valence-electron chi connectivity index (χ4n) is 4.81. The molecule has 0 spiro atoms. The van der Waals surface area contributed by atoms with E-state index in [1.54, 1.807) is 0 Å². The number of halogens is 4. The molecule has 2 amide bonds. The maximum absolute atomic E-state index is 13.2. The molecule has 1 unspecified atom stereocenters. The number of aryl methyl sites for hydroxylation is 1. The highest BCUT2D eigenvalue weighted by Gasteiger charge is 2.36. The molecule has 0 saturated carbocycles. The van der Waals surface area contributed by atoms with Crippen LogP contribution in [0.2, 0.25) is 0 Å². The van der Waals surface area contributed by atoms with Gasteiger partial charge in [-0.3, -0.25) is 9.59 Å². The first-order valence-electron chi connectivity index (χ1n) is 12.3. The molecular weight excluding hydrogens is 525 g/mol. The SMILES string of the molecule is Cc1ccccc1N1CCN(C(=O)Cc2ccc(OC3CCNCC3)cc2OC(F)(F)F)C(C(N)=O)C1.Cl. The molecule has 12 heteroatoms. The number of primary amides is 1. The van der Waals surface area contributed by atoms with Gasteiger partial charge in [0.2, 0.25) is 11.8 Å². The first-order chi connectivity index (χ1) is 17.6. The second-order valence-electron chi connectivity index (χ2n) is 9.30. The summed E-state index contributed by atoms with van der Waals surface area (Å²) in [5.74, 6) is -1.44. The zero-order chi connectivity index (χ0) is 26.6. The maximum atomic E-state index is 13.2. The molecule has 208 valence electrons. The maximum Gasteiger partial charge on any atom is 0.573 e. The number of amides is 2. The molecule has 2 saturated heterocycles. The van der Waals surface area contributed by atoms with Crippen LogP contribution < -0.4 is 25.4 Å². The average Bonchev–Trinajstić information content (AvgIpc) is 2.85. The summed E-state index contributed by atoms with van der Waals surface area (Å²) in [6.07, 6.45) is -3.97. The highest BCUT2D eigenvalue weighted by molar-refractivity contribution is 5.89. The molecule has 38 heavy (non-hydrogen) atoms. The lowest BCUT2D eigenvalue weighted by atomic mass is 10.0. The summed E-state index contributed by atoms with van der Waals surface area (Å²) in [6, 6.07) is 10.9. The number of carbonyl (C=O) groups excluding carboxylic acids is 2. The van der Waals surface area contributed by atoms with Crippen LogP contribution in [0.25, 0.3) is 0 Å². The number of benzene rings is 2. The lowest BCUT2D eigenvalue weighted by Gasteiger charge is -2.41. The smallest absolute Gasteiger partial charge is 0.490 e. The van der Waals surface area contributed by atoms with Crippen LogP contribution in [0.15, 0.2) is 42.5 Å². The fourth-order valence-corrected chi connectivity index (χ4v) is 4.81. The van der Waals surface area contributed by atoms with E-state index >= 15 is 0 Å². The van der Waals surface area contributed by atoms with Gasteiger partial charge in [0.25, 0.3) is 0 Å². The number of piperidine rings is 1. The summed E-state index contributed by atoms with van der Waals surface area (Å²) < 4.78 is 49.6. The monoisotopic (exact) mass is 556 g/mol. The topological polar surface area (TPSA) is 97.1 Å². The summed E-state index contributed by atoms with van der Waals surface area (Å²) in [5.41, 5.74) is 7.64. The van der Waals surface area contributed by atoms with Crippen molar-refractivity contribution in [2.45, 2.75) is 44.7 Å². The summed E-state index contributed by atoms with van der Waals surface area (Å²) in [5, 5.41) is 3.20. The highest BCUT2D eigenvalue weighted by atomic mass is 35.5. The van der Waals surface area contributed by atoms with Gasteiger partial charge in [-0.2, -0.15) is 0 Å². The first-order valence-corrected chi connectivity index (χ1v) is 12.3. The Hall–Kier alpha value is -3.18. The van der Waals surface area contributed by atoms with Crippen LogP contribution in [0.1, 0.15) is 24.0 Å². The van der Waals surface area contributed by atoms with Crippen molar-refractivity contribution in [1.82, 2.24) is 10.2 Å². The molecule has 0 aliphatic carbocycles. The van der Waals surface area contributed by atoms with Crippen molar-refractivity contribution in [2.24, 2.45) is 5.73 Å². The molecule has 2 fully saturated rings. The summed E-state index contributed by atoms with van der Waals surface area (Å²) in [6.45, 7) is 4.33. The molecule has 8 nitrogen and oxygen atoms in total. The van der Waals surface area contributed by atoms with Gasteiger partial charge in [-0.25, -0.2) is 0 Å². The Morgan fingerprint density at radius 3 is 2.47 bits per heavy atom. The van der Waals surface area contributed by atoms with E-state index in [9.17, 15) is 22.8 Å². The molecule has 2 aromatic carbocycles. The standard InChI is InChI=1S/C26H31F3N4O4.ClH/c1-17-4-2-3-5-21(17)32-12-13-33(22(16-32)25(30)35)24(34)14-18-6-7-20(15-23(18)37-26(27,28)29)36-19-8-10-31-11-9-19;/h2-7,15,19,22,31H,8-14,16H2,1H3,(H2,30,35);1H. The van der Waals surface area contributed by atoms with E-state index < -0.39 is 30.0 Å². The van der Waals surface area contributed by atoms with Gasteiger partial charge in [-0.05, 0) is 50.6 Å². The first kappa shape index (κ1) is 29.4. The molecule has 4 rings (SSSR count). The Morgan fingerprint density at radius 1 is 1.11 bits per heavy atom. The van der Waals surface area contributed by atoms with Crippen LogP contribution in [-0.4, -0.2) is 67.9 Å². The number of nitrogens with two attached hydrogens (primary N) is 1.